The lowest BCUT2D eigenvalue weighted by Gasteiger charge is -2.14. The van der Waals surface area contributed by atoms with Crippen molar-refractivity contribution in [1.82, 2.24) is 19.7 Å². The van der Waals surface area contributed by atoms with E-state index in [1.54, 1.807) is 17.7 Å². The molecule has 114 valence electrons. The van der Waals surface area contributed by atoms with E-state index in [2.05, 4.69) is 64.8 Å². The summed E-state index contributed by atoms with van der Waals surface area (Å²) >= 11 is 1.64. The average molecular weight is 320 g/mol. The minimum Gasteiger partial charge on any atom is -0.281 e. The molecule has 2 aromatic heterocycles. The van der Waals surface area contributed by atoms with Crippen molar-refractivity contribution in [1.29, 1.82) is 0 Å². The summed E-state index contributed by atoms with van der Waals surface area (Å²) < 4.78 is 3.24. The molecule has 0 aliphatic rings. The molecule has 0 spiro atoms. The highest BCUT2D eigenvalue weighted by Crippen LogP contribution is 2.29. The van der Waals surface area contributed by atoms with E-state index < -0.39 is 0 Å². The van der Waals surface area contributed by atoms with Gasteiger partial charge in [0.15, 0.2) is 5.82 Å². The summed E-state index contributed by atoms with van der Waals surface area (Å²) in [6.07, 6.45) is 1.79. The molecule has 0 unspecified atom stereocenters. The number of rotatable bonds is 2. The van der Waals surface area contributed by atoms with Crippen LogP contribution in [0.5, 0.6) is 0 Å². The number of nitrogens with zero attached hydrogens (tertiary/aromatic N) is 4. The number of aromatic nitrogens is 4. The second kappa shape index (κ2) is 5.28. The molecule has 4 aromatic rings. The third kappa shape index (κ3) is 2.33. The van der Waals surface area contributed by atoms with E-state index in [9.17, 15) is 0 Å². The van der Waals surface area contributed by atoms with E-state index in [1.165, 1.54) is 16.7 Å². The van der Waals surface area contributed by atoms with Crippen molar-refractivity contribution < 1.29 is 0 Å². The van der Waals surface area contributed by atoms with Gasteiger partial charge in [0.25, 0.3) is 0 Å². The molecule has 0 aliphatic heterocycles. The van der Waals surface area contributed by atoms with Crippen molar-refractivity contribution in [3.63, 3.8) is 0 Å². The summed E-state index contributed by atoms with van der Waals surface area (Å²) in [5.41, 5.74) is 8.81. The zero-order valence-corrected chi connectivity index (χ0v) is 14.1. The van der Waals surface area contributed by atoms with Gasteiger partial charge in [0.05, 0.1) is 21.4 Å². The summed E-state index contributed by atoms with van der Waals surface area (Å²) in [4.78, 5) is 4.34. The standard InChI is InChI=1S/C18H16N4S/c1-11-6-12(2)17(13(3)7-11)22-9-20-21-18(22)14-4-5-15-16(8-14)23-10-19-15/h4-10H,1-3H3. The minimum absolute atomic E-state index is 0.857. The molecule has 0 radical (unpaired) electrons. The van der Waals surface area contributed by atoms with Crippen molar-refractivity contribution >= 4 is 21.6 Å². The Morgan fingerprint density at radius 3 is 2.57 bits per heavy atom. The van der Waals surface area contributed by atoms with Crippen LogP contribution in [0.15, 0.2) is 42.2 Å². The average Bonchev–Trinajstić information content (AvgIpc) is 3.13. The third-order valence-corrected chi connectivity index (χ3v) is 4.81. The molecule has 2 aromatic carbocycles. The van der Waals surface area contributed by atoms with Crippen LogP contribution in [0.25, 0.3) is 27.3 Å². The van der Waals surface area contributed by atoms with Gasteiger partial charge in [-0.15, -0.1) is 21.5 Å². The van der Waals surface area contributed by atoms with E-state index in [0.29, 0.717) is 0 Å². The van der Waals surface area contributed by atoms with Crippen LogP contribution in [0.4, 0.5) is 0 Å². The first kappa shape index (κ1) is 14.1. The Labute approximate surface area is 138 Å². The monoisotopic (exact) mass is 320 g/mol. The molecule has 0 fully saturated rings. The maximum absolute atomic E-state index is 4.36. The van der Waals surface area contributed by atoms with Crippen LogP contribution in [0.2, 0.25) is 0 Å². The first-order valence-electron chi connectivity index (χ1n) is 7.45. The SMILES string of the molecule is Cc1cc(C)c(-n2cnnc2-c2ccc3ncsc3c2)c(C)c1. The molecule has 0 aliphatic carbocycles. The third-order valence-electron chi connectivity index (χ3n) is 4.01. The molecule has 2 heterocycles. The van der Waals surface area contributed by atoms with E-state index in [-0.39, 0.29) is 0 Å². The molecule has 0 atom stereocenters. The zero-order valence-electron chi connectivity index (χ0n) is 13.2. The van der Waals surface area contributed by atoms with Gasteiger partial charge in [-0.1, -0.05) is 17.7 Å². The van der Waals surface area contributed by atoms with Crippen LogP contribution in [-0.4, -0.2) is 19.7 Å². The van der Waals surface area contributed by atoms with Gasteiger partial charge in [0.2, 0.25) is 0 Å². The Hall–Kier alpha value is -2.53. The zero-order chi connectivity index (χ0) is 16.0. The van der Waals surface area contributed by atoms with Gasteiger partial charge >= 0.3 is 0 Å². The number of aryl methyl sites for hydroxylation is 3. The van der Waals surface area contributed by atoms with Crippen molar-refractivity contribution in [3.8, 4) is 17.1 Å². The number of hydrogen-bond acceptors (Lipinski definition) is 4. The first-order chi connectivity index (χ1) is 11.1. The maximum atomic E-state index is 4.36. The number of benzene rings is 2. The molecule has 0 N–H and O–H groups in total. The summed E-state index contributed by atoms with van der Waals surface area (Å²) in [5, 5.41) is 8.50. The van der Waals surface area contributed by atoms with E-state index >= 15 is 0 Å². The molecule has 0 amide bonds. The Morgan fingerprint density at radius 2 is 1.78 bits per heavy atom. The quantitative estimate of drug-likeness (QED) is 0.547. The maximum Gasteiger partial charge on any atom is 0.168 e. The van der Waals surface area contributed by atoms with Gasteiger partial charge in [-0.05, 0) is 50.1 Å². The topological polar surface area (TPSA) is 43.6 Å². The predicted molar refractivity (Wildman–Crippen MR) is 94.2 cm³/mol. The Kier molecular flexibility index (Phi) is 3.23. The molecule has 0 saturated heterocycles. The number of hydrogen-bond donors (Lipinski definition) is 0. The van der Waals surface area contributed by atoms with Crippen molar-refractivity contribution in [2.45, 2.75) is 20.8 Å². The fourth-order valence-electron chi connectivity index (χ4n) is 3.14. The van der Waals surface area contributed by atoms with Crippen molar-refractivity contribution in [3.05, 3.63) is 58.9 Å². The lowest BCUT2D eigenvalue weighted by molar-refractivity contribution is 1.02. The Balaban J connectivity index is 1.92. The minimum atomic E-state index is 0.857. The molecule has 5 heteroatoms. The van der Waals surface area contributed by atoms with Crippen molar-refractivity contribution in [2.75, 3.05) is 0 Å². The summed E-state index contributed by atoms with van der Waals surface area (Å²) in [7, 11) is 0. The molecular weight excluding hydrogens is 304 g/mol. The number of fused-ring (bicyclic) bond motifs is 1. The van der Waals surface area contributed by atoms with Crippen LogP contribution in [0.1, 0.15) is 16.7 Å². The fourth-order valence-corrected chi connectivity index (χ4v) is 3.86. The van der Waals surface area contributed by atoms with E-state index in [0.717, 1.165) is 27.3 Å². The van der Waals surface area contributed by atoms with E-state index in [4.69, 9.17) is 0 Å². The van der Waals surface area contributed by atoms with Gasteiger partial charge in [0, 0.05) is 5.56 Å². The Morgan fingerprint density at radius 1 is 1.00 bits per heavy atom. The van der Waals surface area contributed by atoms with Gasteiger partial charge < -0.3 is 0 Å². The highest BCUT2D eigenvalue weighted by Gasteiger charge is 2.14. The largest absolute Gasteiger partial charge is 0.281 e. The lowest BCUT2D eigenvalue weighted by Crippen LogP contribution is -2.02. The molecular formula is C18H16N4S. The van der Waals surface area contributed by atoms with Crippen LogP contribution in [0, 0.1) is 20.8 Å². The summed E-state index contributed by atoms with van der Waals surface area (Å²) in [5.74, 6) is 0.857. The lowest BCUT2D eigenvalue weighted by atomic mass is 10.0. The Bertz CT molecular complexity index is 990. The summed E-state index contributed by atoms with van der Waals surface area (Å²) in [6.45, 7) is 6.38. The molecule has 0 saturated carbocycles. The molecule has 4 rings (SSSR count). The van der Waals surface area contributed by atoms with Crippen molar-refractivity contribution in [2.24, 2.45) is 0 Å². The summed E-state index contributed by atoms with van der Waals surface area (Å²) in [6, 6.07) is 10.6. The van der Waals surface area contributed by atoms with Crippen LogP contribution in [-0.2, 0) is 0 Å². The van der Waals surface area contributed by atoms with Gasteiger partial charge in [-0.2, -0.15) is 0 Å². The van der Waals surface area contributed by atoms with E-state index in [1.807, 2.05) is 11.6 Å². The van der Waals surface area contributed by atoms with Gasteiger partial charge in [-0.25, -0.2) is 4.98 Å². The second-order valence-electron chi connectivity index (χ2n) is 5.81. The highest BCUT2D eigenvalue weighted by atomic mass is 32.1. The van der Waals surface area contributed by atoms with Gasteiger partial charge in [-0.3, -0.25) is 4.57 Å². The van der Waals surface area contributed by atoms with Crippen LogP contribution < -0.4 is 0 Å². The predicted octanol–water partition coefficient (Wildman–Crippen LogP) is 4.47. The molecule has 0 bridgehead atoms. The number of thiazole rings is 1. The second-order valence-corrected chi connectivity index (χ2v) is 6.69. The van der Waals surface area contributed by atoms with Crippen LogP contribution in [0.3, 0.4) is 0 Å². The van der Waals surface area contributed by atoms with Crippen LogP contribution >= 0.6 is 11.3 Å². The normalized spacial score (nSPS) is 11.3. The van der Waals surface area contributed by atoms with Gasteiger partial charge in [0.1, 0.15) is 6.33 Å². The first-order valence-corrected chi connectivity index (χ1v) is 8.33. The smallest absolute Gasteiger partial charge is 0.168 e. The highest BCUT2D eigenvalue weighted by molar-refractivity contribution is 7.16. The fraction of sp³-hybridized carbons (Fsp3) is 0.167. The molecule has 4 nitrogen and oxygen atoms in total. The molecule has 23 heavy (non-hydrogen) atoms.